The minimum Gasteiger partial charge on any atom is -0.490 e. The number of carbonyl (C=O) groups excluding carboxylic acids is 2. The molecule has 0 aliphatic heterocycles. The van der Waals surface area contributed by atoms with Crippen LogP contribution in [0.25, 0.3) is 22.5 Å². The van der Waals surface area contributed by atoms with Crippen molar-refractivity contribution in [2.24, 2.45) is 0 Å². The second-order valence-corrected chi connectivity index (χ2v) is 11.2. The van der Waals surface area contributed by atoms with Crippen molar-refractivity contribution in [2.45, 2.75) is 57.3 Å². The summed E-state index contributed by atoms with van der Waals surface area (Å²) in [6.07, 6.45) is 5.01. The van der Waals surface area contributed by atoms with Gasteiger partial charge in [0.05, 0.1) is 18.5 Å². The minimum absolute atomic E-state index is 0.118. The third-order valence-electron chi connectivity index (χ3n) is 6.69. The molecule has 5 rings (SSSR count). The number of hydrogen-bond acceptors (Lipinski definition) is 8. The average Bonchev–Trinajstić information content (AvgIpc) is 3.73. The highest BCUT2D eigenvalue weighted by Gasteiger charge is 2.23. The van der Waals surface area contributed by atoms with Crippen molar-refractivity contribution >= 4 is 40.0 Å². The van der Waals surface area contributed by atoms with E-state index < -0.39 is 5.97 Å². The maximum atomic E-state index is 13.0. The Morgan fingerprint density at radius 2 is 1.77 bits per heavy atom. The fraction of sp³-hybridized carbons (Fsp3) is 0.333. The molecule has 1 aliphatic rings. The fourth-order valence-corrected chi connectivity index (χ4v) is 6.53. The first kappa shape index (κ1) is 27.9. The van der Waals surface area contributed by atoms with Crippen LogP contribution in [-0.4, -0.2) is 45.1 Å². The zero-order valence-corrected chi connectivity index (χ0v) is 24.2. The van der Waals surface area contributed by atoms with Crippen LogP contribution in [0.3, 0.4) is 0 Å². The van der Waals surface area contributed by atoms with Gasteiger partial charge >= 0.3 is 5.97 Å². The number of nitrogens with zero attached hydrogens (tertiary/aromatic N) is 3. The molecule has 0 radical (unpaired) electrons. The molecule has 2 aromatic heterocycles. The molecule has 1 fully saturated rings. The largest absolute Gasteiger partial charge is 0.490 e. The predicted molar refractivity (Wildman–Crippen MR) is 159 cm³/mol. The Hall–Kier alpha value is -3.63. The third-order valence-corrected chi connectivity index (χ3v) is 8.55. The second kappa shape index (κ2) is 13.1. The summed E-state index contributed by atoms with van der Waals surface area (Å²) in [5.74, 6) is 1.04. The Labute approximate surface area is 242 Å². The molecule has 1 saturated carbocycles. The molecule has 0 saturated heterocycles. The lowest BCUT2D eigenvalue weighted by Gasteiger charge is -2.13. The maximum Gasteiger partial charge on any atom is 0.341 e. The van der Waals surface area contributed by atoms with Gasteiger partial charge in [0.2, 0.25) is 5.91 Å². The normalized spacial score (nSPS) is 13.3. The van der Waals surface area contributed by atoms with Crippen molar-refractivity contribution in [2.75, 3.05) is 17.7 Å². The van der Waals surface area contributed by atoms with Crippen LogP contribution in [0.5, 0.6) is 5.75 Å². The van der Waals surface area contributed by atoms with Crippen LogP contribution in [0.15, 0.2) is 65.1 Å². The molecule has 0 atom stereocenters. The number of thiophene rings is 1. The van der Waals surface area contributed by atoms with Gasteiger partial charge < -0.3 is 19.4 Å². The van der Waals surface area contributed by atoms with Crippen LogP contribution in [0.4, 0.5) is 5.00 Å². The Balaban J connectivity index is 1.26. The van der Waals surface area contributed by atoms with Gasteiger partial charge in [-0.1, -0.05) is 42.1 Å². The predicted octanol–water partition coefficient (Wildman–Crippen LogP) is 6.92. The fourth-order valence-electron chi connectivity index (χ4n) is 4.75. The quantitative estimate of drug-likeness (QED) is 0.153. The van der Waals surface area contributed by atoms with E-state index in [1.165, 1.54) is 35.9 Å². The molecule has 0 bridgehead atoms. The van der Waals surface area contributed by atoms with E-state index in [9.17, 15) is 9.59 Å². The number of carbonyl (C=O) groups is 2. The Kier molecular flexibility index (Phi) is 9.18. The van der Waals surface area contributed by atoms with Crippen LogP contribution >= 0.6 is 23.1 Å². The summed E-state index contributed by atoms with van der Waals surface area (Å²) in [6, 6.07) is 17.6. The number of amides is 1. The van der Waals surface area contributed by atoms with E-state index >= 15 is 0 Å². The number of nitrogens with one attached hydrogen (secondary N) is 1. The summed E-state index contributed by atoms with van der Waals surface area (Å²) in [5, 5.41) is 14.7. The molecule has 4 aromatic rings. The van der Waals surface area contributed by atoms with Gasteiger partial charge in [0.25, 0.3) is 0 Å². The van der Waals surface area contributed by atoms with Crippen molar-refractivity contribution in [3.63, 3.8) is 0 Å². The van der Waals surface area contributed by atoms with Gasteiger partial charge in [0.15, 0.2) is 11.0 Å². The Morgan fingerprint density at radius 1 is 1.02 bits per heavy atom. The summed E-state index contributed by atoms with van der Waals surface area (Å²) in [5.41, 5.74) is 2.94. The maximum absolute atomic E-state index is 13.0. The van der Waals surface area contributed by atoms with E-state index in [1.807, 2.05) is 71.5 Å². The minimum atomic E-state index is -0.458. The Bertz CT molecular complexity index is 1440. The number of anilines is 1. The van der Waals surface area contributed by atoms with Crippen LogP contribution in [0.1, 0.15) is 49.9 Å². The molecule has 40 heavy (non-hydrogen) atoms. The number of rotatable bonds is 11. The van der Waals surface area contributed by atoms with E-state index in [-0.39, 0.29) is 18.3 Å². The second-order valence-electron chi connectivity index (χ2n) is 9.38. The van der Waals surface area contributed by atoms with E-state index in [0.29, 0.717) is 28.4 Å². The summed E-state index contributed by atoms with van der Waals surface area (Å²) < 4.78 is 13.4. The van der Waals surface area contributed by atoms with Crippen LogP contribution in [0.2, 0.25) is 0 Å². The molecule has 8 nitrogen and oxygen atoms in total. The number of esters is 1. The first-order valence-electron chi connectivity index (χ1n) is 13.5. The van der Waals surface area contributed by atoms with Gasteiger partial charge in [0, 0.05) is 23.1 Å². The summed E-state index contributed by atoms with van der Waals surface area (Å²) in [4.78, 5) is 25.8. The number of hydrogen-bond donors (Lipinski definition) is 1. The first-order chi connectivity index (χ1) is 19.6. The summed E-state index contributed by atoms with van der Waals surface area (Å²) in [6.45, 7) is 4.69. The lowest BCUT2D eigenvalue weighted by Crippen LogP contribution is -2.16. The molecular weight excluding hydrogens is 544 g/mol. The van der Waals surface area contributed by atoms with Crippen LogP contribution in [0, 0.1) is 0 Å². The number of thioether (sulfide) groups is 1. The number of aromatic nitrogens is 3. The highest BCUT2D eigenvalue weighted by Crippen LogP contribution is 2.36. The Morgan fingerprint density at radius 3 is 2.48 bits per heavy atom. The van der Waals surface area contributed by atoms with Crippen molar-refractivity contribution in [3.8, 4) is 28.3 Å². The SMILES string of the molecule is CCOC(=O)c1c(-c2ccccc2)csc1NC(=O)CSc1nnc(-c2ccc(OC3CCCC3)cc2)n1CC. The van der Waals surface area contributed by atoms with Crippen molar-refractivity contribution in [1.82, 2.24) is 14.8 Å². The monoisotopic (exact) mass is 576 g/mol. The molecule has 1 aliphatic carbocycles. The zero-order valence-electron chi connectivity index (χ0n) is 22.6. The average molecular weight is 577 g/mol. The van der Waals surface area contributed by atoms with E-state index in [0.717, 1.165) is 41.1 Å². The van der Waals surface area contributed by atoms with Crippen molar-refractivity contribution < 1.29 is 19.1 Å². The van der Waals surface area contributed by atoms with Gasteiger partial charge in [-0.15, -0.1) is 21.5 Å². The summed E-state index contributed by atoms with van der Waals surface area (Å²) in [7, 11) is 0. The zero-order chi connectivity index (χ0) is 27.9. The van der Waals surface area contributed by atoms with Gasteiger partial charge in [-0.3, -0.25) is 4.79 Å². The number of benzene rings is 2. The van der Waals surface area contributed by atoms with Crippen LogP contribution < -0.4 is 10.1 Å². The summed E-state index contributed by atoms with van der Waals surface area (Å²) >= 11 is 2.62. The molecule has 1 N–H and O–H groups in total. The molecule has 2 heterocycles. The lowest BCUT2D eigenvalue weighted by atomic mass is 10.0. The van der Waals surface area contributed by atoms with E-state index in [1.54, 1.807) is 6.92 Å². The third kappa shape index (κ3) is 6.39. The molecule has 1 amide bonds. The van der Waals surface area contributed by atoms with E-state index in [2.05, 4.69) is 15.5 Å². The molecule has 0 spiro atoms. The highest BCUT2D eigenvalue weighted by atomic mass is 32.2. The number of ether oxygens (including phenoxy) is 2. The van der Waals surface area contributed by atoms with Gasteiger partial charge in [0.1, 0.15) is 16.3 Å². The first-order valence-corrected chi connectivity index (χ1v) is 15.4. The molecule has 208 valence electrons. The van der Waals surface area contributed by atoms with Crippen molar-refractivity contribution in [1.29, 1.82) is 0 Å². The molecule has 10 heteroatoms. The topological polar surface area (TPSA) is 95.3 Å². The van der Waals surface area contributed by atoms with Crippen LogP contribution in [-0.2, 0) is 16.1 Å². The standard InChI is InChI=1S/C30H32N4O4S2/c1-3-34-27(21-14-16-23(17-15-21)38-22-12-8-9-13-22)32-33-30(34)40-19-25(35)31-28-26(29(36)37-4-2)24(18-39-28)20-10-6-5-7-11-20/h5-7,10-11,14-18,22H,3-4,8-9,12-13,19H2,1-2H3,(H,31,35). The highest BCUT2D eigenvalue weighted by molar-refractivity contribution is 7.99. The van der Waals surface area contributed by atoms with Crippen molar-refractivity contribution in [3.05, 3.63) is 65.5 Å². The lowest BCUT2D eigenvalue weighted by molar-refractivity contribution is -0.113. The van der Waals surface area contributed by atoms with Gasteiger partial charge in [-0.05, 0) is 69.4 Å². The van der Waals surface area contributed by atoms with E-state index in [4.69, 9.17) is 9.47 Å². The molecule has 2 aromatic carbocycles. The van der Waals surface area contributed by atoms with Gasteiger partial charge in [-0.25, -0.2) is 4.79 Å². The molecular formula is C30H32N4O4S2. The van der Waals surface area contributed by atoms with Gasteiger partial charge in [-0.2, -0.15) is 0 Å². The smallest absolute Gasteiger partial charge is 0.341 e. The molecule has 0 unspecified atom stereocenters.